The van der Waals surface area contributed by atoms with E-state index in [-0.39, 0.29) is 30.0 Å². The van der Waals surface area contributed by atoms with Gasteiger partial charge in [0.2, 0.25) is 6.79 Å². The van der Waals surface area contributed by atoms with E-state index in [2.05, 4.69) is 15.5 Å². The fourth-order valence-electron chi connectivity index (χ4n) is 3.70. The summed E-state index contributed by atoms with van der Waals surface area (Å²) < 4.78 is 94.9. The van der Waals surface area contributed by atoms with Crippen molar-refractivity contribution in [2.24, 2.45) is 0 Å². The SMILES string of the molecule is O=C(Nc1n[nH]c2ccc(OCc3ccc(C(F)(F)F)cc3C(F)(F)F)cc12)c1ccc2c(c1)OCO2. The van der Waals surface area contributed by atoms with Gasteiger partial charge in [-0.1, -0.05) is 6.07 Å². The van der Waals surface area contributed by atoms with E-state index in [4.69, 9.17) is 14.2 Å². The van der Waals surface area contributed by atoms with E-state index in [1.165, 1.54) is 30.3 Å². The third kappa shape index (κ3) is 4.97. The van der Waals surface area contributed by atoms with Gasteiger partial charge in [-0.25, -0.2) is 0 Å². The number of H-pyrrole nitrogens is 1. The first-order chi connectivity index (χ1) is 17.5. The molecule has 1 aliphatic rings. The summed E-state index contributed by atoms with van der Waals surface area (Å²) in [6.07, 6.45) is -9.94. The van der Waals surface area contributed by atoms with E-state index < -0.39 is 41.6 Å². The normalized spacial score (nSPS) is 13.1. The van der Waals surface area contributed by atoms with Crippen LogP contribution in [0.5, 0.6) is 17.2 Å². The highest BCUT2D eigenvalue weighted by Gasteiger charge is 2.38. The lowest BCUT2D eigenvalue weighted by atomic mass is 10.0. The first-order valence-corrected chi connectivity index (χ1v) is 10.6. The summed E-state index contributed by atoms with van der Waals surface area (Å²) in [5.41, 5.74) is -2.55. The van der Waals surface area contributed by atoms with E-state index in [1.54, 1.807) is 6.07 Å². The average Bonchev–Trinajstić information content (AvgIpc) is 3.47. The maximum atomic E-state index is 13.4. The second-order valence-electron chi connectivity index (χ2n) is 7.96. The summed E-state index contributed by atoms with van der Waals surface area (Å²) in [6.45, 7) is -0.598. The van der Waals surface area contributed by atoms with Gasteiger partial charge in [-0.05, 0) is 48.5 Å². The molecule has 0 radical (unpaired) electrons. The van der Waals surface area contributed by atoms with E-state index in [9.17, 15) is 31.1 Å². The van der Waals surface area contributed by atoms with Gasteiger partial charge < -0.3 is 19.5 Å². The van der Waals surface area contributed by atoms with Crippen LogP contribution in [0.25, 0.3) is 10.9 Å². The largest absolute Gasteiger partial charge is 0.489 e. The fourth-order valence-corrected chi connectivity index (χ4v) is 3.70. The zero-order valence-corrected chi connectivity index (χ0v) is 18.5. The number of nitrogens with one attached hydrogen (secondary N) is 2. The van der Waals surface area contributed by atoms with Crippen LogP contribution in [-0.2, 0) is 19.0 Å². The summed E-state index contributed by atoms with van der Waals surface area (Å²) in [5.74, 6) is 0.661. The Bertz CT molecular complexity index is 1500. The number of aromatic amines is 1. The monoisotopic (exact) mass is 523 g/mol. The molecule has 2 heterocycles. The number of benzene rings is 3. The fraction of sp³-hybridized carbons (Fsp3) is 0.167. The van der Waals surface area contributed by atoms with Crippen molar-refractivity contribution in [1.29, 1.82) is 0 Å². The maximum absolute atomic E-state index is 13.4. The molecule has 0 unspecified atom stereocenters. The van der Waals surface area contributed by atoms with Crippen molar-refractivity contribution in [3.63, 3.8) is 0 Å². The second kappa shape index (κ2) is 8.91. The summed E-state index contributed by atoms with van der Waals surface area (Å²) in [4.78, 5) is 12.7. The number of fused-ring (bicyclic) bond motifs is 2. The quantitative estimate of drug-likeness (QED) is 0.306. The van der Waals surface area contributed by atoms with Gasteiger partial charge >= 0.3 is 12.4 Å². The lowest BCUT2D eigenvalue weighted by Gasteiger charge is -2.16. The second-order valence-corrected chi connectivity index (χ2v) is 7.96. The molecule has 192 valence electrons. The summed E-state index contributed by atoms with van der Waals surface area (Å²) in [5, 5.41) is 9.80. The Kier molecular flexibility index (Phi) is 5.85. The number of aromatic nitrogens is 2. The van der Waals surface area contributed by atoms with Crippen LogP contribution in [0.3, 0.4) is 0 Å². The third-order valence-electron chi connectivity index (χ3n) is 5.54. The molecule has 0 spiro atoms. The molecule has 1 aliphatic heterocycles. The van der Waals surface area contributed by atoms with Crippen molar-refractivity contribution in [3.05, 3.63) is 76.9 Å². The molecule has 0 saturated heterocycles. The van der Waals surface area contributed by atoms with Crippen molar-refractivity contribution < 1.29 is 45.3 Å². The van der Waals surface area contributed by atoms with E-state index in [1.807, 2.05) is 0 Å². The average molecular weight is 523 g/mol. The molecule has 13 heteroatoms. The van der Waals surface area contributed by atoms with Gasteiger partial charge in [-0.15, -0.1) is 0 Å². The zero-order valence-electron chi connectivity index (χ0n) is 18.5. The number of alkyl halides is 6. The number of rotatable bonds is 5. The van der Waals surface area contributed by atoms with Crippen molar-refractivity contribution in [2.75, 3.05) is 12.1 Å². The van der Waals surface area contributed by atoms with Crippen LogP contribution in [0.1, 0.15) is 27.0 Å². The number of ether oxygens (including phenoxy) is 3. The van der Waals surface area contributed by atoms with Gasteiger partial charge in [0.25, 0.3) is 5.91 Å². The number of hydrogen-bond donors (Lipinski definition) is 2. The molecule has 1 amide bonds. The lowest BCUT2D eigenvalue weighted by molar-refractivity contribution is -0.143. The van der Waals surface area contributed by atoms with Crippen LogP contribution in [0, 0.1) is 0 Å². The molecule has 37 heavy (non-hydrogen) atoms. The van der Waals surface area contributed by atoms with Gasteiger partial charge in [0.05, 0.1) is 16.6 Å². The van der Waals surface area contributed by atoms with Crippen LogP contribution in [0.4, 0.5) is 32.2 Å². The lowest BCUT2D eigenvalue weighted by Crippen LogP contribution is -2.14. The minimum Gasteiger partial charge on any atom is -0.489 e. The van der Waals surface area contributed by atoms with E-state index in [0.29, 0.717) is 28.5 Å². The van der Waals surface area contributed by atoms with E-state index >= 15 is 0 Å². The zero-order chi connectivity index (χ0) is 26.4. The summed E-state index contributed by atoms with van der Waals surface area (Å²) >= 11 is 0. The van der Waals surface area contributed by atoms with Crippen LogP contribution in [0.2, 0.25) is 0 Å². The standard InChI is InChI=1S/C24H15F6N3O4/c25-23(26,27)14-3-1-13(17(8-14)24(28,29)30)10-35-15-4-5-18-16(9-15)21(33-32-18)31-22(34)12-2-6-19-20(7-12)37-11-36-19/h1-9H,10-11H2,(H2,31,32,33,34). The summed E-state index contributed by atoms with van der Waals surface area (Å²) in [6, 6.07) is 10.4. The Morgan fingerprint density at radius 1 is 0.946 bits per heavy atom. The maximum Gasteiger partial charge on any atom is 0.416 e. The first-order valence-electron chi connectivity index (χ1n) is 10.6. The smallest absolute Gasteiger partial charge is 0.416 e. The Morgan fingerprint density at radius 3 is 2.49 bits per heavy atom. The van der Waals surface area contributed by atoms with Gasteiger partial charge in [0, 0.05) is 16.5 Å². The molecule has 0 aliphatic carbocycles. The number of halogens is 6. The molecule has 1 aromatic heterocycles. The highest BCUT2D eigenvalue weighted by atomic mass is 19.4. The highest BCUT2D eigenvalue weighted by Crippen LogP contribution is 2.38. The van der Waals surface area contributed by atoms with Crippen molar-refractivity contribution in [2.45, 2.75) is 19.0 Å². The number of amides is 1. The third-order valence-corrected chi connectivity index (χ3v) is 5.54. The van der Waals surface area contributed by atoms with Crippen LogP contribution in [-0.4, -0.2) is 22.9 Å². The molecular formula is C24H15F6N3O4. The topological polar surface area (TPSA) is 85.5 Å². The van der Waals surface area contributed by atoms with Crippen LogP contribution >= 0.6 is 0 Å². The minimum absolute atomic E-state index is 0.0458. The van der Waals surface area contributed by atoms with Crippen LogP contribution in [0.15, 0.2) is 54.6 Å². The van der Waals surface area contributed by atoms with Crippen molar-refractivity contribution in [3.8, 4) is 17.2 Å². The molecular weight excluding hydrogens is 508 g/mol. The first kappa shape index (κ1) is 24.3. The van der Waals surface area contributed by atoms with Gasteiger partial charge in [-0.2, -0.15) is 31.4 Å². The Balaban J connectivity index is 1.36. The number of carbonyl (C=O) groups is 1. The molecule has 0 bridgehead atoms. The Labute approximate surface area is 203 Å². The number of hydrogen-bond acceptors (Lipinski definition) is 5. The Morgan fingerprint density at radius 2 is 1.73 bits per heavy atom. The minimum atomic E-state index is -5.01. The van der Waals surface area contributed by atoms with Crippen molar-refractivity contribution >= 4 is 22.6 Å². The number of nitrogens with zero attached hydrogens (tertiary/aromatic N) is 1. The molecule has 0 saturated carbocycles. The molecule has 3 aromatic carbocycles. The van der Waals surface area contributed by atoms with Gasteiger partial charge in [-0.3, -0.25) is 9.89 Å². The van der Waals surface area contributed by atoms with Crippen LogP contribution < -0.4 is 19.5 Å². The number of anilines is 1. The number of carbonyl (C=O) groups excluding carboxylic acids is 1. The summed E-state index contributed by atoms with van der Waals surface area (Å²) in [7, 11) is 0. The molecule has 0 fully saturated rings. The van der Waals surface area contributed by atoms with Crippen molar-refractivity contribution in [1.82, 2.24) is 10.2 Å². The molecule has 2 N–H and O–H groups in total. The highest BCUT2D eigenvalue weighted by molar-refractivity contribution is 6.08. The molecule has 7 nitrogen and oxygen atoms in total. The van der Waals surface area contributed by atoms with Gasteiger partial charge in [0.1, 0.15) is 12.4 Å². The Hall–Kier alpha value is -4.42. The predicted molar refractivity (Wildman–Crippen MR) is 117 cm³/mol. The molecule has 4 aromatic rings. The molecule has 0 atom stereocenters. The predicted octanol–water partition coefficient (Wildman–Crippen LogP) is 6.16. The van der Waals surface area contributed by atoms with Gasteiger partial charge in [0.15, 0.2) is 17.3 Å². The molecule has 5 rings (SSSR count). The van der Waals surface area contributed by atoms with E-state index in [0.717, 1.165) is 6.07 Å².